The second kappa shape index (κ2) is 11.0. The fraction of sp³-hybridized carbons (Fsp3) is 0.962. The van der Waals surface area contributed by atoms with Crippen molar-refractivity contribution in [2.24, 2.45) is 17.8 Å². The molecule has 3 rings (SSSR count). The molecule has 0 amide bonds. The van der Waals surface area contributed by atoms with Crippen molar-refractivity contribution >= 4 is 22.6 Å². The molecule has 2 heterocycles. The lowest BCUT2D eigenvalue weighted by Gasteiger charge is -2.57. The Hall–Kier alpha value is -0.256. The van der Waals surface area contributed by atoms with Crippen molar-refractivity contribution < 1.29 is 27.9 Å². The van der Waals surface area contributed by atoms with Gasteiger partial charge in [0.15, 0.2) is 22.9 Å². The Morgan fingerprint density at radius 2 is 1.53 bits per heavy atom. The minimum atomic E-state index is -2.05. The van der Waals surface area contributed by atoms with Gasteiger partial charge in [0, 0.05) is 31.5 Å². The zero-order valence-electron chi connectivity index (χ0n) is 23.9. The van der Waals surface area contributed by atoms with E-state index >= 15 is 0 Å². The monoisotopic (exact) mass is 516 g/mol. The number of carbonyl (C=O) groups excluding carboxylic acids is 1. The lowest BCUT2D eigenvalue weighted by Crippen LogP contribution is -2.65. The normalized spacial score (nSPS) is 30.5. The third kappa shape index (κ3) is 6.74. The Kier molecular flexibility index (Phi) is 9.70. The van der Waals surface area contributed by atoms with Crippen LogP contribution in [0, 0.1) is 17.8 Å². The molecule has 6 nitrogen and oxygen atoms in total. The zero-order valence-corrected chi connectivity index (χ0v) is 25.9. The van der Waals surface area contributed by atoms with Gasteiger partial charge in [-0.15, -0.1) is 0 Å². The third-order valence-corrected chi connectivity index (χ3v) is 17.7. The highest BCUT2D eigenvalue weighted by atomic mass is 28.4. The fourth-order valence-corrected chi connectivity index (χ4v) is 7.03. The van der Waals surface area contributed by atoms with E-state index in [0.29, 0.717) is 26.2 Å². The lowest BCUT2D eigenvalue weighted by molar-refractivity contribution is -0.309. The average molecular weight is 517 g/mol. The molecule has 2 aliphatic heterocycles. The van der Waals surface area contributed by atoms with E-state index in [0.717, 1.165) is 6.42 Å². The first-order valence-corrected chi connectivity index (χ1v) is 19.0. The molecule has 0 aromatic rings. The van der Waals surface area contributed by atoms with E-state index in [2.05, 4.69) is 67.7 Å². The molecule has 1 aliphatic carbocycles. The molecule has 3 aliphatic rings. The highest BCUT2D eigenvalue weighted by molar-refractivity contribution is 6.74. The summed E-state index contributed by atoms with van der Waals surface area (Å²) in [5.74, 6) is 0.156. The predicted octanol–water partition coefficient (Wildman–Crippen LogP) is 6.37. The van der Waals surface area contributed by atoms with Crippen molar-refractivity contribution in [2.45, 2.75) is 123 Å². The first-order valence-electron chi connectivity index (χ1n) is 13.2. The van der Waals surface area contributed by atoms with E-state index < -0.39 is 16.6 Å². The maximum Gasteiger partial charge on any atom is 0.306 e. The SMILES string of the molecule is CCOC(=O)CC1C[C@H]2O[C@H](OCC)[C@@H]1[C@H](CO[Si](C)(C)C(C)(C)C)[C@@H]2O[Si](C)(C)C(C)(C)C. The first-order chi connectivity index (χ1) is 15.4. The lowest BCUT2D eigenvalue weighted by atomic mass is 9.65. The van der Waals surface area contributed by atoms with Crippen LogP contribution < -0.4 is 0 Å². The molecule has 0 aromatic carbocycles. The molecule has 8 heteroatoms. The number of esters is 1. The Labute approximate surface area is 211 Å². The van der Waals surface area contributed by atoms with Gasteiger partial charge in [-0.2, -0.15) is 0 Å². The van der Waals surface area contributed by atoms with Crippen LogP contribution in [0.5, 0.6) is 0 Å². The van der Waals surface area contributed by atoms with E-state index in [1.54, 1.807) is 0 Å². The highest BCUT2D eigenvalue weighted by Crippen LogP contribution is 2.51. The molecule has 1 unspecified atom stereocenters. The minimum Gasteiger partial charge on any atom is -0.466 e. The molecule has 34 heavy (non-hydrogen) atoms. The quantitative estimate of drug-likeness (QED) is 0.248. The molecular formula is C26H52O6Si2. The number of rotatable bonds is 10. The van der Waals surface area contributed by atoms with Gasteiger partial charge in [-0.05, 0) is 62.5 Å². The second-order valence-electron chi connectivity index (χ2n) is 13.2. The summed E-state index contributed by atoms with van der Waals surface area (Å²) in [6, 6.07) is 0. The molecule has 0 aromatic heterocycles. The van der Waals surface area contributed by atoms with Gasteiger partial charge in [0.05, 0.1) is 18.8 Å². The van der Waals surface area contributed by atoms with Crippen LogP contribution in [-0.4, -0.2) is 60.9 Å². The standard InChI is InChI=1S/C26H52O6Si2/c1-13-28-21(27)16-18-15-20-23(32-34(11,12)26(6,7)8)19(22(18)24(31-20)29-14-2)17-30-33(9,10)25(3,4)5/h18-20,22-24H,13-17H2,1-12H3/t18?,19-,20+,22-,23-,24-/m0/s1. The van der Waals surface area contributed by atoms with Crippen LogP contribution in [0.2, 0.25) is 36.3 Å². The van der Waals surface area contributed by atoms with Crippen LogP contribution in [0.3, 0.4) is 0 Å². The van der Waals surface area contributed by atoms with E-state index in [1.807, 2.05) is 13.8 Å². The zero-order chi connectivity index (χ0) is 26.1. The van der Waals surface area contributed by atoms with Crippen molar-refractivity contribution in [3.8, 4) is 0 Å². The van der Waals surface area contributed by atoms with E-state index in [4.69, 9.17) is 23.1 Å². The van der Waals surface area contributed by atoms with Gasteiger partial charge >= 0.3 is 5.97 Å². The Bertz CT molecular complexity index is 682. The number of fused-ring (bicyclic) bond motifs is 3. The van der Waals surface area contributed by atoms with Gasteiger partial charge < -0.3 is 23.1 Å². The van der Waals surface area contributed by atoms with Gasteiger partial charge in [0.25, 0.3) is 0 Å². The van der Waals surface area contributed by atoms with E-state index in [1.165, 1.54) is 0 Å². The number of ether oxygens (including phenoxy) is 3. The summed E-state index contributed by atoms with van der Waals surface area (Å²) in [5, 5.41) is 0.217. The number of hydrogen-bond acceptors (Lipinski definition) is 6. The van der Waals surface area contributed by atoms with E-state index in [9.17, 15) is 4.79 Å². The molecule has 2 bridgehead atoms. The topological polar surface area (TPSA) is 63.2 Å². The molecule has 0 N–H and O–H groups in total. The Balaban J connectivity index is 2.41. The van der Waals surface area contributed by atoms with Crippen molar-refractivity contribution in [1.82, 2.24) is 0 Å². The van der Waals surface area contributed by atoms with Crippen molar-refractivity contribution in [1.29, 1.82) is 0 Å². The average Bonchev–Trinajstić information content (AvgIpc) is 2.66. The second-order valence-corrected chi connectivity index (χ2v) is 22.7. The maximum absolute atomic E-state index is 12.5. The summed E-state index contributed by atoms with van der Waals surface area (Å²) in [7, 11) is -4.01. The summed E-state index contributed by atoms with van der Waals surface area (Å²) >= 11 is 0. The number of carbonyl (C=O) groups is 1. The van der Waals surface area contributed by atoms with Crippen molar-refractivity contribution in [3.05, 3.63) is 0 Å². The number of hydrogen-bond donors (Lipinski definition) is 0. The Morgan fingerprint density at radius 1 is 0.941 bits per heavy atom. The maximum atomic E-state index is 12.5. The molecule has 200 valence electrons. The largest absolute Gasteiger partial charge is 0.466 e. The van der Waals surface area contributed by atoms with Gasteiger partial charge in [-0.3, -0.25) is 4.79 Å². The van der Waals surface area contributed by atoms with Crippen LogP contribution in [0.15, 0.2) is 0 Å². The summed E-state index contributed by atoms with van der Waals surface area (Å²) < 4.78 is 31.7. The summed E-state index contributed by atoms with van der Waals surface area (Å²) in [4.78, 5) is 12.5. The molecule has 0 radical (unpaired) electrons. The summed E-state index contributed by atoms with van der Waals surface area (Å²) in [6.45, 7) is 28.3. The molecular weight excluding hydrogens is 464 g/mol. The smallest absolute Gasteiger partial charge is 0.306 e. The fourth-order valence-electron chi connectivity index (χ4n) is 4.63. The van der Waals surface area contributed by atoms with E-state index in [-0.39, 0.29) is 52.3 Å². The van der Waals surface area contributed by atoms with Gasteiger partial charge in [-0.25, -0.2) is 0 Å². The third-order valence-electron chi connectivity index (χ3n) is 8.73. The van der Waals surface area contributed by atoms with Gasteiger partial charge in [0.1, 0.15) is 0 Å². The highest BCUT2D eigenvalue weighted by Gasteiger charge is 2.58. The van der Waals surface area contributed by atoms with Crippen molar-refractivity contribution in [3.63, 3.8) is 0 Å². The van der Waals surface area contributed by atoms with Crippen LogP contribution in [0.1, 0.15) is 68.2 Å². The molecule has 3 fully saturated rings. The Morgan fingerprint density at radius 3 is 2.03 bits per heavy atom. The molecule has 1 saturated carbocycles. The van der Waals surface area contributed by atoms with Crippen LogP contribution in [0.25, 0.3) is 0 Å². The summed E-state index contributed by atoms with van der Waals surface area (Å²) in [6.07, 6.45) is 0.693. The van der Waals surface area contributed by atoms with Crippen LogP contribution >= 0.6 is 0 Å². The van der Waals surface area contributed by atoms with Gasteiger partial charge in [-0.1, -0.05) is 41.5 Å². The molecule has 0 spiro atoms. The predicted molar refractivity (Wildman–Crippen MR) is 142 cm³/mol. The minimum absolute atomic E-state index is 0.0360. The van der Waals surface area contributed by atoms with Crippen molar-refractivity contribution in [2.75, 3.05) is 19.8 Å². The van der Waals surface area contributed by atoms with Crippen LogP contribution in [-0.2, 0) is 27.9 Å². The van der Waals surface area contributed by atoms with Gasteiger partial charge in [0.2, 0.25) is 0 Å². The first kappa shape index (κ1) is 30.0. The summed E-state index contributed by atoms with van der Waals surface area (Å²) in [5.41, 5.74) is 0. The van der Waals surface area contributed by atoms with Crippen LogP contribution in [0.4, 0.5) is 0 Å². The molecule has 2 saturated heterocycles. The molecule has 6 atom stereocenters.